The van der Waals surface area contributed by atoms with E-state index in [1.807, 2.05) is 0 Å². The highest BCUT2D eigenvalue weighted by Crippen LogP contribution is 2.38. The SMILES string of the molecule is Nc1ccc(Nc2cc(F)ccc2Br)c(C(F)(F)F)c1. The molecule has 0 radical (unpaired) electrons. The smallest absolute Gasteiger partial charge is 0.399 e. The highest BCUT2D eigenvalue weighted by Gasteiger charge is 2.33. The third kappa shape index (κ3) is 3.22. The summed E-state index contributed by atoms with van der Waals surface area (Å²) in [7, 11) is 0. The van der Waals surface area contributed by atoms with Gasteiger partial charge in [-0.3, -0.25) is 0 Å². The van der Waals surface area contributed by atoms with E-state index in [4.69, 9.17) is 5.73 Å². The molecule has 0 spiro atoms. The summed E-state index contributed by atoms with van der Waals surface area (Å²) in [5.74, 6) is -0.556. The van der Waals surface area contributed by atoms with Crippen LogP contribution in [0.1, 0.15) is 5.56 Å². The molecule has 0 saturated carbocycles. The number of halogens is 5. The molecule has 0 heterocycles. The molecule has 0 fully saturated rings. The first-order chi connectivity index (χ1) is 9.27. The first kappa shape index (κ1) is 14.6. The van der Waals surface area contributed by atoms with Gasteiger partial charge in [-0.2, -0.15) is 13.2 Å². The van der Waals surface area contributed by atoms with Crippen LogP contribution in [0.25, 0.3) is 0 Å². The molecule has 3 N–H and O–H groups in total. The van der Waals surface area contributed by atoms with Crippen LogP contribution in [0.5, 0.6) is 0 Å². The molecule has 0 aliphatic heterocycles. The molecule has 2 aromatic carbocycles. The quantitative estimate of drug-likeness (QED) is 0.596. The summed E-state index contributed by atoms with van der Waals surface area (Å²) < 4.78 is 52.4. The number of alkyl halides is 3. The molecular weight excluding hydrogens is 340 g/mol. The van der Waals surface area contributed by atoms with E-state index < -0.39 is 17.6 Å². The Balaban J connectivity index is 2.46. The molecule has 106 valence electrons. The summed E-state index contributed by atoms with van der Waals surface area (Å²) in [5.41, 5.74) is 4.47. The maximum absolute atomic E-state index is 13.1. The number of hydrogen-bond donors (Lipinski definition) is 2. The predicted octanol–water partition coefficient (Wildman–Crippen LogP) is 4.93. The van der Waals surface area contributed by atoms with Gasteiger partial charge in [-0.05, 0) is 52.3 Å². The van der Waals surface area contributed by atoms with Crippen molar-refractivity contribution in [2.24, 2.45) is 0 Å². The van der Waals surface area contributed by atoms with Crippen LogP contribution in [0.15, 0.2) is 40.9 Å². The number of nitrogens with two attached hydrogens (primary N) is 1. The van der Waals surface area contributed by atoms with Gasteiger partial charge in [0.25, 0.3) is 0 Å². The predicted molar refractivity (Wildman–Crippen MR) is 73.2 cm³/mol. The van der Waals surface area contributed by atoms with Crippen molar-refractivity contribution in [2.45, 2.75) is 6.18 Å². The number of hydrogen-bond acceptors (Lipinski definition) is 2. The molecule has 2 rings (SSSR count). The second-order valence-corrected chi connectivity index (χ2v) is 4.91. The minimum Gasteiger partial charge on any atom is -0.399 e. The Kier molecular flexibility index (Phi) is 3.89. The van der Waals surface area contributed by atoms with Crippen LogP contribution >= 0.6 is 15.9 Å². The molecule has 0 aliphatic carbocycles. The third-order valence-corrected chi connectivity index (χ3v) is 3.24. The van der Waals surface area contributed by atoms with Gasteiger partial charge >= 0.3 is 6.18 Å². The fourth-order valence-electron chi connectivity index (χ4n) is 1.64. The van der Waals surface area contributed by atoms with Crippen LogP contribution in [0.2, 0.25) is 0 Å². The lowest BCUT2D eigenvalue weighted by Crippen LogP contribution is -2.09. The lowest BCUT2D eigenvalue weighted by atomic mass is 10.1. The fourth-order valence-corrected chi connectivity index (χ4v) is 1.99. The third-order valence-electron chi connectivity index (χ3n) is 2.55. The van der Waals surface area contributed by atoms with Crippen molar-refractivity contribution >= 4 is 33.0 Å². The first-order valence-corrected chi connectivity index (χ1v) is 6.25. The Morgan fingerprint density at radius 3 is 2.35 bits per heavy atom. The number of benzene rings is 2. The molecule has 20 heavy (non-hydrogen) atoms. The van der Waals surface area contributed by atoms with Gasteiger partial charge in [0.05, 0.1) is 16.9 Å². The zero-order valence-corrected chi connectivity index (χ0v) is 11.5. The van der Waals surface area contributed by atoms with E-state index in [0.717, 1.165) is 12.1 Å². The molecule has 0 atom stereocenters. The molecule has 2 nitrogen and oxygen atoms in total. The van der Waals surface area contributed by atoms with Gasteiger partial charge in [0.2, 0.25) is 0 Å². The molecule has 7 heteroatoms. The molecular formula is C13H9BrF4N2. The van der Waals surface area contributed by atoms with E-state index in [0.29, 0.717) is 4.47 Å². The molecule has 2 aromatic rings. The largest absolute Gasteiger partial charge is 0.418 e. The molecule has 0 amide bonds. The van der Waals surface area contributed by atoms with E-state index in [1.165, 1.54) is 24.3 Å². The van der Waals surface area contributed by atoms with Crippen molar-refractivity contribution in [2.75, 3.05) is 11.1 Å². The van der Waals surface area contributed by atoms with E-state index >= 15 is 0 Å². The van der Waals surface area contributed by atoms with Gasteiger partial charge in [0, 0.05) is 10.2 Å². The Morgan fingerprint density at radius 2 is 1.70 bits per heavy atom. The normalized spacial score (nSPS) is 11.4. The maximum Gasteiger partial charge on any atom is 0.418 e. The number of anilines is 3. The van der Waals surface area contributed by atoms with Gasteiger partial charge in [-0.25, -0.2) is 4.39 Å². The van der Waals surface area contributed by atoms with Crippen LogP contribution in [-0.2, 0) is 6.18 Å². The Labute approximate surface area is 120 Å². The van der Waals surface area contributed by atoms with Crippen molar-refractivity contribution in [3.8, 4) is 0 Å². The second kappa shape index (κ2) is 5.32. The van der Waals surface area contributed by atoms with Gasteiger partial charge in [0.15, 0.2) is 0 Å². The average molecular weight is 349 g/mol. The average Bonchev–Trinajstić information content (AvgIpc) is 2.34. The lowest BCUT2D eigenvalue weighted by molar-refractivity contribution is -0.136. The van der Waals surface area contributed by atoms with Crippen molar-refractivity contribution in [1.82, 2.24) is 0 Å². The minimum absolute atomic E-state index is 0.00110. The standard InChI is InChI=1S/C13H9BrF4N2/c14-10-3-1-7(15)5-12(10)20-11-4-2-8(19)6-9(11)13(16,17)18/h1-6,20H,19H2. The monoisotopic (exact) mass is 348 g/mol. The highest BCUT2D eigenvalue weighted by atomic mass is 79.9. The second-order valence-electron chi connectivity index (χ2n) is 4.05. The molecule has 0 unspecified atom stereocenters. The summed E-state index contributed by atoms with van der Waals surface area (Å²) in [6, 6.07) is 7.07. The summed E-state index contributed by atoms with van der Waals surface area (Å²) in [6.45, 7) is 0. The molecule has 0 bridgehead atoms. The Hall–Kier alpha value is -1.76. The van der Waals surface area contributed by atoms with Crippen molar-refractivity contribution in [1.29, 1.82) is 0 Å². The summed E-state index contributed by atoms with van der Waals surface area (Å²) in [5, 5.41) is 2.55. The topological polar surface area (TPSA) is 38.0 Å². The minimum atomic E-state index is -4.56. The van der Waals surface area contributed by atoms with E-state index in [-0.39, 0.29) is 17.1 Å². The van der Waals surface area contributed by atoms with Crippen LogP contribution in [-0.4, -0.2) is 0 Å². The zero-order valence-electron chi connectivity index (χ0n) is 9.93. The van der Waals surface area contributed by atoms with Gasteiger partial charge in [0.1, 0.15) is 5.82 Å². The zero-order chi connectivity index (χ0) is 14.9. The van der Waals surface area contributed by atoms with Crippen molar-refractivity contribution < 1.29 is 17.6 Å². The fraction of sp³-hybridized carbons (Fsp3) is 0.0769. The van der Waals surface area contributed by atoms with Crippen LogP contribution in [0.4, 0.5) is 34.6 Å². The maximum atomic E-state index is 13.1. The highest BCUT2D eigenvalue weighted by molar-refractivity contribution is 9.10. The van der Waals surface area contributed by atoms with Crippen molar-refractivity contribution in [3.05, 3.63) is 52.3 Å². The lowest BCUT2D eigenvalue weighted by Gasteiger charge is -2.16. The van der Waals surface area contributed by atoms with Gasteiger partial charge < -0.3 is 11.1 Å². The van der Waals surface area contributed by atoms with Crippen LogP contribution in [0.3, 0.4) is 0 Å². The number of nitrogens with one attached hydrogen (secondary N) is 1. The summed E-state index contributed by atoms with van der Waals surface area (Å²) in [4.78, 5) is 0. The number of nitrogen functional groups attached to an aromatic ring is 1. The van der Waals surface area contributed by atoms with Crippen LogP contribution in [0, 0.1) is 5.82 Å². The molecule has 0 aliphatic rings. The molecule has 0 aromatic heterocycles. The Bertz CT molecular complexity index is 641. The first-order valence-electron chi connectivity index (χ1n) is 5.46. The van der Waals surface area contributed by atoms with Crippen LogP contribution < -0.4 is 11.1 Å². The summed E-state index contributed by atoms with van der Waals surface area (Å²) in [6.07, 6.45) is -4.56. The van der Waals surface area contributed by atoms with E-state index in [9.17, 15) is 17.6 Å². The van der Waals surface area contributed by atoms with Gasteiger partial charge in [-0.1, -0.05) is 0 Å². The molecule has 0 saturated heterocycles. The summed E-state index contributed by atoms with van der Waals surface area (Å²) >= 11 is 3.14. The van der Waals surface area contributed by atoms with Crippen molar-refractivity contribution in [3.63, 3.8) is 0 Å². The number of rotatable bonds is 2. The Morgan fingerprint density at radius 1 is 1.00 bits per heavy atom. The van der Waals surface area contributed by atoms with E-state index in [2.05, 4.69) is 21.2 Å². The van der Waals surface area contributed by atoms with E-state index in [1.54, 1.807) is 0 Å². The van der Waals surface area contributed by atoms with Gasteiger partial charge in [-0.15, -0.1) is 0 Å².